The number of pyridine rings is 1. The van der Waals surface area contributed by atoms with E-state index in [1.165, 1.54) is 60.1 Å². The molecule has 4 aromatic rings. The number of fused-ring (bicyclic) bond motifs is 2. The first-order valence-electron chi connectivity index (χ1n) is 11.9. The zero-order valence-electron chi connectivity index (χ0n) is 18.9. The van der Waals surface area contributed by atoms with Crippen molar-refractivity contribution in [2.75, 3.05) is 26.3 Å². The number of hydrogen-bond acceptors (Lipinski definition) is 4. The summed E-state index contributed by atoms with van der Waals surface area (Å²) in [4.78, 5) is 10.6. The van der Waals surface area contributed by atoms with Crippen molar-refractivity contribution in [1.29, 1.82) is 0 Å². The van der Waals surface area contributed by atoms with Gasteiger partial charge in [-0.3, -0.25) is 4.90 Å². The molecule has 2 saturated heterocycles. The van der Waals surface area contributed by atoms with E-state index in [4.69, 9.17) is 4.74 Å². The van der Waals surface area contributed by atoms with E-state index in [0.29, 0.717) is 17.9 Å². The molecule has 1 unspecified atom stereocenters. The van der Waals surface area contributed by atoms with Crippen LogP contribution in [0.1, 0.15) is 56.1 Å². The van der Waals surface area contributed by atoms with Gasteiger partial charge in [-0.2, -0.15) is 5.10 Å². The first-order chi connectivity index (χ1) is 15.7. The molecular weight excluding hydrogens is 398 g/mol. The standard InChI is InChI=1S/C26H31N5O/c1-17(2)25-22-13-19(18-7-10-30(11-8-18)21-9-12-32-15-21)3-5-23(22)29-26(25)20-4-6-24-27-16-28-31(24)14-20/h3-6,13-14,16-18,21,29H,7-12,15H2,1-2H3. The van der Waals surface area contributed by atoms with Crippen LogP contribution in [0.25, 0.3) is 27.8 Å². The molecule has 6 rings (SSSR count). The lowest BCUT2D eigenvalue weighted by Crippen LogP contribution is -2.41. The monoisotopic (exact) mass is 429 g/mol. The van der Waals surface area contributed by atoms with E-state index in [2.05, 4.69) is 64.3 Å². The van der Waals surface area contributed by atoms with Crippen molar-refractivity contribution in [1.82, 2.24) is 24.5 Å². The molecule has 2 aliphatic heterocycles. The maximum atomic E-state index is 5.61. The average molecular weight is 430 g/mol. The predicted octanol–water partition coefficient (Wildman–Crippen LogP) is 4.97. The van der Waals surface area contributed by atoms with E-state index in [-0.39, 0.29) is 0 Å². The van der Waals surface area contributed by atoms with Gasteiger partial charge < -0.3 is 9.72 Å². The first kappa shape index (κ1) is 19.9. The van der Waals surface area contributed by atoms with Crippen LogP contribution in [0.5, 0.6) is 0 Å². The second kappa shape index (κ2) is 8.01. The summed E-state index contributed by atoms with van der Waals surface area (Å²) in [5.41, 5.74) is 7.30. The molecule has 2 aliphatic rings. The molecule has 0 bridgehead atoms. The minimum absolute atomic E-state index is 0.421. The number of ether oxygens (including phenoxy) is 1. The second-order valence-corrected chi connectivity index (χ2v) is 9.68. The third-order valence-corrected chi connectivity index (χ3v) is 7.43. The van der Waals surface area contributed by atoms with Crippen molar-refractivity contribution in [2.24, 2.45) is 0 Å². The molecule has 0 aliphatic carbocycles. The number of rotatable bonds is 4. The number of H-pyrrole nitrogens is 1. The summed E-state index contributed by atoms with van der Waals surface area (Å²) in [6.07, 6.45) is 7.34. The molecule has 6 heteroatoms. The lowest BCUT2D eigenvalue weighted by molar-refractivity contribution is 0.122. The van der Waals surface area contributed by atoms with Crippen LogP contribution in [0.2, 0.25) is 0 Å². The van der Waals surface area contributed by atoms with Gasteiger partial charge in [-0.1, -0.05) is 19.9 Å². The minimum Gasteiger partial charge on any atom is -0.380 e. The molecule has 2 fully saturated rings. The quantitative estimate of drug-likeness (QED) is 0.498. The molecule has 0 spiro atoms. The van der Waals surface area contributed by atoms with Crippen molar-refractivity contribution in [3.63, 3.8) is 0 Å². The number of benzene rings is 1. The average Bonchev–Trinajstić information content (AvgIpc) is 3.57. The van der Waals surface area contributed by atoms with Gasteiger partial charge in [-0.25, -0.2) is 9.50 Å². The number of nitrogens with one attached hydrogen (secondary N) is 1. The number of aromatic nitrogens is 4. The lowest BCUT2D eigenvalue weighted by atomic mass is 9.87. The zero-order chi connectivity index (χ0) is 21.7. The maximum Gasteiger partial charge on any atom is 0.155 e. The molecular formula is C26H31N5O. The van der Waals surface area contributed by atoms with Crippen molar-refractivity contribution in [2.45, 2.75) is 51.0 Å². The Balaban J connectivity index is 1.33. The van der Waals surface area contributed by atoms with E-state index in [9.17, 15) is 0 Å². The number of aromatic amines is 1. The lowest BCUT2D eigenvalue weighted by Gasteiger charge is -2.35. The Morgan fingerprint density at radius 3 is 2.75 bits per heavy atom. The van der Waals surface area contributed by atoms with Gasteiger partial charge in [-0.15, -0.1) is 0 Å². The smallest absolute Gasteiger partial charge is 0.155 e. The Morgan fingerprint density at radius 1 is 1.09 bits per heavy atom. The zero-order valence-corrected chi connectivity index (χ0v) is 18.9. The Labute approximate surface area is 188 Å². The normalized spacial score (nSPS) is 20.8. The summed E-state index contributed by atoms with van der Waals surface area (Å²) in [5, 5.41) is 5.68. The van der Waals surface area contributed by atoms with Gasteiger partial charge in [0, 0.05) is 35.3 Å². The summed E-state index contributed by atoms with van der Waals surface area (Å²) in [6.45, 7) is 8.79. The van der Waals surface area contributed by atoms with Gasteiger partial charge >= 0.3 is 0 Å². The van der Waals surface area contributed by atoms with Gasteiger partial charge in [0.15, 0.2) is 5.65 Å². The van der Waals surface area contributed by atoms with Crippen molar-refractivity contribution < 1.29 is 4.74 Å². The SMILES string of the molecule is CC(C)c1c(-c2ccc3ncnn3c2)[nH]c2ccc(C3CCN(C4CCOC4)CC3)cc12. The molecule has 1 atom stereocenters. The molecule has 0 radical (unpaired) electrons. The largest absolute Gasteiger partial charge is 0.380 e. The van der Waals surface area contributed by atoms with Gasteiger partial charge in [0.2, 0.25) is 0 Å². The highest BCUT2D eigenvalue weighted by atomic mass is 16.5. The van der Waals surface area contributed by atoms with E-state index in [0.717, 1.165) is 24.4 Å². The highest BCUT2D eigenvalue weighted by Gasteiger charge is 2.28. The summed E-state index contributed by atoms with van der Waals surface area (Å²) in [7, 11) is 0. The topological polar surface area (TPSA) is 58.5 Å². The molecule has 1 aromatic carbocycles. The van der Waals surface area contributed by atoms with Gasteiger partial charge in [0.1, 0.15) is 6.33 Å². The van der Waals surface area contributed by atoms with Gasteiger partial charge in [0.05, 0.1) is 12.3 Å². The highest BCUT2D eigenvalue weighted by Crippen LogP contribution is 2.38. The number of likely N-dealkylation sites (tertiary alicyclic amines) is 1. The van der Waals surface area contributed by atoms with Crippen LogP contribution in [-0.2, 0) is 4.74 Å². The molecule has 0 saturated carbocycles. The van der Waals surface area contributed by atoms with Crippen LogP contribution in [0, 0.1) is 0 Å². The summed E-state index contributed by atoms with van der Waals surface area (Å²) >= 11 is 0. The van der Waals surface area contributed by atoms with E-state index in [1.807, 2.05) is 10.6 Å². The van der Waals surface area contributed by atoms with Crippen LogP contribution in [0.4, 0.5) is 0 Å². The molecule has 3 aromatic heterocycles. The van der Waals surface area contributed by atoms with Crippen LogP contribution < -0.4 is 0 Å². The Bertz CT molecular complexity index is 1240. The summed E-state index contributed by atoms with van der Waals surface area (Å²) in [6, 6.07) is 11.9. The minimum atomic E-state index is 0.421. The Hall–Kier alpha value is -2.70. The molecule has 166 valence electrons. The summed E-state index contributed by atoms with van der Waals surface area (Å²) < 4.78 is 7.46. The van der Waals surface area contributed by atoms with Crippen molar-refractivity contribution in [3.05, 3.63) is 54.0 Å². The van der Waals surface area contributed by atoms with E-state index < -0.39 is 0 Å². The molecule has 0 amide bonds. The fourth-order valence-electron chi connectivity index (χ4n) is 5.68. The third kappa shape index (κ3) is 3.42. The fraction of sp³-hybridized carbons (Fsp3) is 0.462. The van der Waals surface area contributed by atoms with E-state index in [1.54, 1.807) is 6.33 Å². The molecule has 6 nitrogen and oxygen atoms in total. The Kier molecular flexibility index (Phi) is 5.00. The van der Waals surface area contributed by atoms with Crippen molar-refractivity contribution >= 4 is 16.6 Å². The molecule has 1 N–H and O–H groups in total. The molecule has 32 heavy (non-hydrogen) atoms. The Morgan fingerprint density at radius 2 is 1.97 bits per heavy atom. The molecule has 5 heterocycles. The van der Waals surface area contributed by atoms with E-state index >= 15 is 0 Å². The third-order valence-electron chi connectivity index (χ3n) is 7.43. The fourth-order valence-corrected chi connectivity index (χ4v) is 5.68. The summed E-state index contributed by atoms with van der Waals surface area (Å²) in [5.74, 6) is 1.06. The second-order valence-electron chi connectivity index (χ2n) is 9.68. The first-order valence-corrected chi connectivity index (χ1v) is 11.9. The number of nitrogens with zero attached hydrogens (tertiary/aromatic N) is 4. The van der Waals surface area contributed by atoms with Gasteiger partial charge in [0.25, 0.3) is 0 Å². The highest BCUT2D eigenvalue weighted by molar-refractivity contribution is 5.92. The van der Waals surface area contributed by atoms with Gasteiger partial charge in [-0.05, 0) is 79.6 Å². The number of piperidine rings is 1. The maximum absolute atomic E-state index is 5.61. The number of hydrogen-bond donors (Lipinski definition) is 1. The van der Waals surface area contributed by atoms with Crippen LogP contribution in [-0.4, -0.2) is 56.8 Å². The van der Waals surface area contributed by atoms with Crippen LogP contribution in [0.3, 0.4) is 0 Å². The van der Waals surface area contributed by atoms with Crippen LogP contribution >= 0.6 is 0 Å². The van der Waals surface area contributed by atoms with Crippen molar-refractivity contribution in [3.8, 4) is 11.3 Å². The predicted molar refractivity (Wildman–Crippen MR) is 127 cm³/mol. The van der Waals surface area contributed by atoms with Crippen LogP contribution in [0.15, 0.2) is 42.9 Å².